The summed E-state index contributed by atoms with van der Waals surface area (Å²) < 4.78 is 4.59. The third-order valence-corrected chi connectivity index (χ3v) is 4.36. The summed E-state index contributed by atoms with van der Waals surface area (Å²) >= 11 is 11.8. The fourth-order valence-electron chi connectivity index (χ4n) is 2.18. The van der Waals surface area contributed by atoms with Crippen molar-refractivity contribution in [1.29, 1.82) is 0 Å². The van der Waals surface area contributed by atoms with Crippen LogP contribution in [0, 0.1) is 12.8 Å². The van der Waals surface area contributed by atoms with Gasteiger partial charge in [0.2, 0.25) is 0 Å². The zero-order chi connectivity index (χ0) is 14.3. The normalized spacial score (nSPS) is 19.9. The van der Waals surface area contributed by atoms with E-state index in [0.717, 1.165) is 16.6 Å². The highest BCUT2D eigenvalue weighted by molar-refractivity contribution is 6.50. The van der Waals surface area contributed by atoms with Crippen molar-refractivity contribution >= 4 is 40.1 Å². The first-order valence-corrected chi connectivity index (χ1v) is 7.14. The smallest absolute Gasteiger partial charge is 0.338 e. The lowest BCUT2D eigenvalue weighted by molar-refractivity contribution is 0.0487. The van der Waals surface area contributed by atoms with Crippen LogP contribution >= 0.6 is 23.2 Å². The van der Waals surface area contributed by atoms with Gasteiger partial charge in [-0.3, -0.25) is 4.98 Å². The van der Waals surface area contributed by atoms with Crippen LogP contribution in [0.3, 0.4) is 0 Å². The maximum atomic E-state index is 12.2. The van der Waals surface area contributed by atoms with Crippen molar-refractivity contribution in [1.82, 2.24) is 4.98 Å². The lowest BCUT2D eigenvalue weighted by atomic mass is 10.1. The van der Waals surface area contributed by atoms with Crippen molar-refractivity contribution in [3.05, 3.63) is 41.6 Å². The number of nitrogens with zero attached hydrogens (tertiary/aromatic N) is 1. The number of aryl methyl sites for hydroxylation is 1. The number of esters is 1. The Bertz CT molecular complexity index is 685. The number of alkyl halides is 2. The predicted octanol–water partition coefficient (Wildman–Crippen LogP) is 3.89. The van der Waals surface area contributed by atoms with Crippen molar-refractivity contribution in [3.8, 4) is 0 Å². The molecule has 1 atom stereocenters. The SMILES string of the molecule is Cc1cc(C(=O)OC[C@@H]2CC2(Cl)Cl)c2ccccc2n1. The van der Waals surface area contributed by atoms with E-state index >= 15 is 0 Å². The van der Waals surface area contributed by atoms with Gasteiger partial charge in [-0.1, -0.05) is 18.2 Å². The van der Waals surface area contributed by atoms with Crippen molar-refractivity contribution in [2.24, 2.45) is 5.92 Å². The average molecular weight is 310 g/mol. The van der Waals surface area contributed by atoms with Gasteiger partial charge in [0.1, 0.15) is 4.33 Å². The number of fused-ring (bicyclic) bond motifs is 1. The minimum absolute atomic E-state index is 0.0315. The summed E-state index contributed by atoms with van der Waals surface area (Å²) in [5.74, 6) is -0.327. The van der Waals surface area contributed by atoms with Crippen molar-refractivity contribution < 1.29 is 9.53 Å². The quantitative estimate of drug-likeness (QED) is 0.637. The molecule has 1 aliphatic rings. The number of benzene rings is 1. The Hall–Kier alpha value is -1.32. The molecule has 1 aromatic carbocycles. The molecule has 3 rings (SSSR count). The average Bonchev–Trinajstić information content (AvgIpc) is 3.02. The maximum absolute atomic E-state index is 12.2. The van der Waals surface area contributed by atoms with Crippen LogP contribution in [-0.4, -0.2) is 21.9 Å². The molecule has 3 nitrogen and oxygen atoms in total. The van der Waals surface area contributed by atoms with Crippen LogP contribution in [0.2, 0.25) is 0 Å². The Morgan fingerprint density at radius 2 is 2.15 bits per heavy atom. The number of ether oxygens (including phenoxy) is 1. The van der Waals surface area contributed by atoms with Gasteiger partial charge in [0.05, 0.1) is 17.7 Å². The van der Waals surface area contributed by atoms with E-state index in [-0.39, 0.29) is 18.5 Å². The number of rotatable bonds is 3. The molecule has 1 heterocycles. The summed E-state index contributed by atoms with van der Waals surface area (Å²) in [6.07, 6.45) is 0.666. The summed E-state index contributed by atoms with van der Waals surface area (Å²) in [5.41, 5.74) is 2.10. The number of pyridine rings is 1. The van der Waals surface area contributed by atoms with Gasteiger partial charge >= 0.3 is 5.97 Å². The number of aromatic nitrogens is 1. The predicted molar refractivity (Wildman–Crippen MR) is 79.3 cm³/mol. The van der Waals surface area contributed by atoms with Gasteiger partial charge in [-0.25, -0.2) is 4.79 Å². The van der Waals surface area contributed by atoms with E-state index < -0.39 is 4.33 Å². The molecule has 20 heavy (non-hydrogen) atoms. The van der Waals surface area contributed by atoms with E-state index in [4.69, 9.17) is 27.9 Å². The molecule has 2 aromatic rings. The molecular formula is C15H13Cl2NO2. The van der Waals surface area contributed by atoms with Crippen molar-refractivity contribution in [3.63, 3.8) is 0 Å². The molecule has 0 N–H and O–H groups in total. The molecule has 0 amide bonds. The van der Waals surface area contributed by atoms with Crippen LogP contribution in [0.25, 0.3) is 10.9 Å². The number of hydrogen-bond acceptors (Lipinski definition) is 3. The Morgan fingerprint density at radius 1 is 1.45 bits per heavy atom. The maximum Gasteiger partial charge on any atom is 0.338 e. The minimum Gasteiger partial charge on any atom is -0.462 e. The van der Waals surface area contributed by atoms with Gasteiger partial charge in [-0.15, -0.1) is 23.2 Å². The molecule has 104 valence electrons. The number of carbonyl (C=O) groups excluding carboxylic acids is 1. The standard InChI is InChI=1S/C15H13Cl2NO2/c1-9-6-12(11-4-2-3-5-13(11)18-9)14(19)20-8-10-7-15(10,16)17/h2-6,10H,7-8H2,1H3/t10-/m0/s1. The Kier molecular flexibility index (Phi) is 3.35. The molecule has 0 radical (unpaired) electrons. The Morgan fingerprint density at radius 3 is 2.85 bits per heavy atom. The summed E-state index contributed by atoms with van der Waals surface area (Å²) in [5, 5.41) is 0.793. The summed E-state index contributed by atoms with van der Waals surface area (Å²) in [6.45, 7) is 2.11. The summed E-state index contributed by atoms with van der Waals surface area (Å²) in [4.78, 5) is 16.6. The fraction of sp³-hybridized carbons (Fsp3) is 0.333. The van der Waals surface area contributed by atoms with Gasteiger partial charge in [0.25, 0.3) is 0 Å². The largest absolute Gasteiger partial charge is 0.462 e. The third kappa shape index (κ3) is 2.60. The van der Waals surface area contributed by atoms with E-state index in [9.17, 15) is 4.79 Å². The van der Waals surface area contributed by atoms with E-state index in [1.54, 1.807) is 6.07 Å². The molecule has 5 heteroatoms. The van der Waals surface area contributed by atoms with E-state index in [2.05, 4.69) is 4.98 Å². The summed E-state index contributed by atoms with van der Waals surface area (Å²) in [6, 6.07) is 9.25. The highest BCUT2D eigenvalue weighted by atomic mass is 35.5. The first-order valence-electron chi connectivity index (χ1n) is 6.39. The molecular weight excluding hydrogens is 297 g/mol. The molecule has 0 aliphatic heterocycles. The Balaban J connectivity index is 1.84. The highest BCUT2D eigenvalue weighted by Gasteiger charge is 2.52. The van der Waals surface area contributed by atoms with Gasteiger partial charge in [-0.05, 0) is 25.5 Å². The number of carbonyl (C=O) groups is 1. The fourth-order valence-corrected chi connectivity index (χ4v) is 2.68. The molecule has 0 saturated heterocycles. The van der Waals surface area contributed by atoms with Gasteiger partial charge in [0, 0.05) is 17.0 Å². The lowest BCUT2D eigenvalue weighted by Gasteiger charge is -2.08. The summed E-state index contributed by atoms with van der Waals surface area (Å²) in [7, 11) is 0. The zero-order valence-electron chi connectivity index (χ0n) is 10.9. The Labute approximate surface area is 126 Å². The minimum atomic E-state index is -0.726. The zero-order valence-corrected chi connectivity index (χ0v) is 12.4. The van der Waals surface area contributed by atoms with Crippen LogP contribution in [0.5, 0.6) is 0 Å². The molecule has 1 aliphatic carbocycles. The van der Waals surface area contributed by atoms with Gasteiger partial charge in [0.15, 0.2) is 0 Å². The van der Waals surface area contributed by atoms with Crippen LogP contribution in [-0.2, 0) is 4.74 Å². The van der Waals surface area contributed by atoms with Crippen LogP contribution in [0.4, 0.5) is 0 Å². The van der Waals surface area contributed by atoms with E-state index in [0.29, 0.717) is 12.0 Å². The molecule has 0 unspecified atom stereocenters. The first kappa shape index (κ1) is 13.7. The third-order valence-electron chi connectivity index (χ3n) is 3.44. The van der Waals surface area contributed by atoms with Crippen LogP contribution < -0.4 is 0 Å². The second-order valence-corrected chi connectivity index (χ2v) is 6.63. The van der Waals surface area contributed by atoms with Gasteiger partial charge in [-0.2, -0.15) is 0 Å². The number of halogens is 2. The van der Waals surface area contributed by atoms with Crippen molar-refractivity contribution in [2.45, 2.75) is 17.7 Å². The van der Waals surface area contributed by atoms with Crippen LogP contribution in [0.1, 0.15) is 22.5 Å². The topological polar surface area (TPSA) is 39.2 Å². The lowest BCUT2D eigenvalue weighted by Crippen LogP contribution is -2.11. The first-order chi connectivity index (χ1) is 9.47. The second-order valence-electron chi connectivity index (χ2n) is 5.09. The number of hydrogen-bond donors (Lipinski definition) is 0. The molecule has 1 saturated carbocycles. The van der Waals surface area contributed by atoms with E-state index in [1.165, 1.54) is 0 Å². The molecule has 0 bridgehead atoms. The highest BCUT2D eigenvalue weighted by Crippen LogP contribution is 2.53. The monoisotopic (exact) mass is 309 g/mol. The molecule has 1 aromatic heterocycles. The molecule has 1 fully saturated rings. The van der Waals surface area contributed by atoms with Crippen LogP contribution in [0.15, 0.2) is 30.3 Å². The van der Waals surface area contributed by atoms with E-state index in [1.807, 2.05) is 31.2 Å². The second kappa shape index (κ2) is 4.90. The number of para-hydroxylation sites is 1. The molecule has 0 spiro atoms. The van der Waals surface area contributed by atoms with Crippen molar-refractivity contribution in [2.75, 3.05) is 6.61 Å². The van der Waals surface area contributed by atoms with Gasteiger partial charge < -0.3 is 4.74 Å².